The fourth-order valence-electron chi connectivity index (χ4n) is 2.42. The first-order valence-electron chi connectivity index (χ1n) is 6.63. The van der Waals surface area contributed by atoms with E-state index in [-0.39, 0.29) is 0 Å². The number of nitrogens with two attached hydrogens (primary N) is 1. The van der Waals surface area contributed by atoms with Gasteiger partial charge in [-0.1, -0.05) is 18.2 Å². The fourth-order valence-corrected chi connectivity index (χ4v) is 2.42. The molecule has 0 atom stereocenters. The fraction of sp³-hybridized carbons (Fsp3) is 0.200. The molecular formula is C15H17N5. The molecule has 0 fully saturated rings. The van der Waals surface area contributed by atoms with Gasteiger partial charge in [-0.15, -0.1) is 0 Å². The Hall–Kier alpha value is -2.56. The first-order chi connectivity index (χ1) is 9.70. The smallest absolute Gasteiger partial charge is 0.180 e. The number of anilines is 3. The zero-order chi connectivity index (χ0) is 14.1. The number of aryl methyl sites for hydroxylation is 1. The standard InChI is InChI=1S/C15H17N5/c1-3-20(12-7-5-4-6-11(12)2)15-14-17-8-9-19(14)10-13(16)18-15/h4-10H,3,16H2,1-2H3. The Bertz CT molecular complexity index is 747. The molecule has 2 heterocycles. The molecule has 2 aromatic heterocycles. The van der Waals surface area contributed by atoms with Gasteiger partial charge < -0.3 is 15.0 Å². The van der Waals surface area contributed by atoms with Gasteiger partial charge in [0.15, 0.2) is 11.5 Å². The summed E-state index contributed by atoms with van der Waals surface area (Å²) in [5.74, 6) is 1.27. The van der Waals surface area contributed by atoms with Gasteiger partial charge in [-0.25, -0.2) is 9.97 Å². The van der Waals surface area contributed by atoms with E-state index in [1.54, 1.807) is 12.4 Å². The number of hydrogen-bond donors (Lipinski definition) is 1. The number of rotatable bonds is 3. The number of aromatic nitrogens is 3. The average Bonchev–Trinajstić information content (AvgIpc) is 2.89. The lowest BCUT2D eigenvalue weighted by molar-refractivity contribution is 0.972. The monoisotopic (exact) mass is 267 g/mol. The van der Waals surface area contributed by atoms with Crippen molar-refractivity contribution in [1.82, 2.24) is 14.4 Å². The molecule has 1 aromatic carbocycles. The van der Waals surface area contributed by atoms with Crippen LogP contribution in [0.5, 0.6) is 0 Å². The largest absolute Gasteiger partial charge is 0.382 e. The van der Waals surface area contributed by atoms with Crippen molar-refractivity contribution in [3.8, 4) is 0 Å². The van der Waals surface area contributed by atoms with Gasteiger partial charge in [0.25, 0.3) is 0 Å². The van der Waals surface area contributed by atoms with Crippen LogP contribution in [-0.2, 0) is 0 Å². The van der Waals surface area contributed by atoms with Crippen LogP contribution in [0.3, 0.4) is 0 Å². The van der Waals surface area contributed by atoms with E-state index in [1.807, 2.05) is 22.7 Å². The summed E-state index contributed by atoms with van der Waals surface area (Å²) < 4.78 is 1.90. The van der Waals surface area contributed by atoms with Gasteiger partial charge in [0.1, 0.15) is 5.82 Å². The highest BCUT2D eigenvalue weighted by Gasteiger charge is 2.16. The van der Waals surface area contributed by atoms with Gasteiger partial charge in [0, 0.05) is 24.6 Å². The number of benzene rings is 1. The second-order valence-corrected chi connectivity index (χ2v) is 4.68. The third-order valence-electron chi connectivity index (χ3n) is 3.35. The number of fused-ring (bicyclic) bond motifs is 1. The maximum Gasteiger partial charge on any atom is 0.180 e. The summed E-state index contributed by atoms with van der Waals surface area (Å²) in [5.41, 5.74) is 9.04. The first kappa shape index (κ1) is 12.5. The van der Waals surface area contributed by atoms with E-state index in [4.69, 9.17) is 5.73 Å². The minimum atomic E-state index is 0.484. The Morgan fingerprint density at radius 2 is 2.10 bits per heavy atom. The molecule has 0 unspecified atom stereocenters. The van der Waals surface area contributed by atoms with Crippen molar-refractivity contribution in [2.75, 3.05) is 17.2 Å². The average molecular weight is 267 g/mol. The maximum absolute atomic E-state index is 5.91. The normalized spacial score (nSPS) is 10.9. The van der Waals surface area contributed by atoms with E-state index in [1.165, 1.54) is 5.56 Å². The van der Waals surface area contributed by atoms with E-state index in [2.05, 4.69) is 40.8 Å². The van der Waals surface area contributed by atoms with Crippen LogP contribution in [0.4, 0.5) is 17.3 Å². The van der Waals surface area contributed by atoms with Crippen LogP contribution in [-0.4, -0.2) is 20.9 Å². The second kappa shape index (κ2) is 4.85. The van der Waals surface area contributed by atoms with Crippen molar-refractivity contribution in [3.05, 3.63) is 48.4 Å². The maximum atomic E-state index is 5.91. The Kier molecular flexibility index (Phi) is 3.02. The highest BCUT2D eigenvalue weighted by molar-refractivity contribution is 5.75. The van der Waals surface area contributed by atoms with Crippen molar-refractivity contribution < 1.29 is 0 Å². The lowest BCUT2D eigenvalue weighted by Gasteiger charge is -2.24. The molecule has 0 radical (unpaired) electrons. The van der Waals surface area contributed by atoms with Gasteiger partial charge in [-0.2, -0.15) is 0 Å². The number of para-hydroxylation sites is 1. The highest BCUT2D eigenvalue weighted by atomic mass is 15.2. The molecule has 3 aromatic rings. The van der Waals surface area contributed by atoms with Crippen molar-refractivity contribution in [2.24, 2.45) is 0 Å². The Labute approximate surface area is 117 Å². The third kappa shape index (κ3) is 1.97. The zero-order valence-electron chi connectivity index (χ0n) is 11.6. The van der Waals surface area contributed by atoms with Crippen LogP contribution in [0, 0.1) is 6.92 Å². The van der Waals surface area contributed by atoms with Crippen molar-refractivity contribution in [1.29, 1.82) is 0 Å². The summed E-state index contributed by atoms with van der Waals surface area (Å²) >= 11 is 0. The number of imidazole rings is 1. The minimum Gasteiger partial charge on any atom is -0.382 e. The van der Waals surface area contributed by atoms with Crippen LogP contribution in [0.25, 0.3) is 5.65 Å². The summed E-state index contributed by atoms with van der Waals surface area (Å²) in [6.45, 7) is 4.98. The first-order valence-corrected chi connectivity index (χ1v) is 6.63. The van der Waals surface area contributed by atoms with Crippen molar-refractivity contribution in [3.63, 3.8) is 0 Å². The summed E-state index contributed by atoms with van der Waals surface area (Å²) in [5, 5.41) is 0. The van der Waals surface area contributed by atoms with Crippen LogP contribution in [0.15, 0.2) is 42.9 Å². The van der Waals surface area contributed by atoms with Crippen molar-refractivity contribution >= 4 is 23.0 Å². The second-order valence-electron chi connectivity index (χ2n) is 4.68. The molecule has 102 valence electrons. The quantitative estimate of drug-likeness (QED) is 0.792. The van der Waals surface area contributed by atoms with E-state index in [9.17, 15) is 0 Å². The van der Waals surface area contributed by atoms with Crippen LogP contribution < -0.4 is 10.6 Å². The molecule has 0 bridgehead atoms. The van der Waals surface area contributed by atoms with E-state index >= 15 is 0 Å². The predicted octanol–water partition coefficient (Wildman–Crippen LogP) is 2.78. The molecule has 0 aliphatic heterocycles. The Morgan fingerprint density at radius 1 is 1.30 bits per heavy atom. The molecule has 0 aliphatic carbocycles. The SMILES string of the molecule is CCN(c1ccccc1C)c1nc(N)cn2ccnc12. The molecule has 0 amide bonds. The Morgan fingerprint density at radius 3 is 2.85 bits per heavy atom. The van der Waals surface area contributed by atoms with Gasteiger partial charge in [-0.05, 0) is 25.5 Å². The molecule has 5 heteroatoms. The number of nitrogen functional groups attached to an aromatic ring is 1. The van der Waals surface area contributed by atoms with Gasteiger partial charge in [-0.3, -0.25) is 0 Å². The molecule has 5 nitrogen and oxygen atoms in total. The topological polar surface area (TPSA) is 59.5 Å². The highest BCUT2D eigenvalue weighted by Crippen LogP contribution is 2.29. The van der Waals surface area contributed by atoms with E-state index < -0.39 is 0 Å². The molecule has 0 aliphatic rings. The number of nitrogens with zero attached hydrogens (tertiary/aromatic N) is 4. The van der Waals surface area contributed by atoms with E-state index in [0.29, 0.717) is 5.82 Å². The summed E-state index contributed by atoms with van der Waals surface area (Å²) in [7, 11) is 0. The molecule has 20 heavy (non-hydrogen) atoms. The zero-order valence-corrected chi connectivity index (χ0v) is 11.6. The summed E-state index contributed by atoms with van der Waals surface area (Å²) in [4.78, 5) is 11.0. The van der Waals surface area contributed by atoms with E-state index in [0.717, 1.165) is 23.7 Å². The van der Waals surface area contributed by atoms with Crippen molar-refractivity contribution in [2.45, 2.75) is 13.8 Å². The molecule has 2 N–H and O–H groups in total. The van der Waals surface area contributed by atoms with Crippen LogP contribution in [0.2, 0.25) is 0 Å². The van der Waals surface area contributed by atoms with Gasteiger partial charge in [0.2, 0.25) is 0 Å². The molecule has 0 saturated heterocycles. The minimum absolute atomic E-state index is 0.484. The molecule has 3 rings (SSSR count). The number of hydrogen-bond acceptors (Lipinski definition) is 4. The van der Waals surface area contributed by atoms with Gasteiger partial charge >= 0.3 is 0 Å². The molecule has 0 saturated carbocycles. The molecular weight excluding hydrogens is 250 g/mol. The lowest BCUT2D eigenvalue weighted by Crippen LogP contribution is -2.20. The van der Waals surface area contributed by atoms with Crippen LogP contribution >= 0.6 is 0 Å². The Balaban J connectivity index is 2.22. The van der Waals surface area contributed by atoms with Gasteiger partial charge in [0.05, 0.1) is 6.20 Å². The predicted molar refractivity (Wildman–Crippen MR) is 81.3 cm³/mol. The lowest BCUT2D eigenvalue weighted by atomic mass is 10.2. The third-order valence-corrected chi connectivity index (χ3v) is 3.35. The van der Waals surface area contributed by atoms with Crippen LogP contribution in [0.1, 0.15) is 12.5 Å². The summed E-state index contributed by atoms with van der Waals surface area (Å²) in [6, 6.07) is 8.24. The summed E-state index contributed by atoms with van der Waals surface area (Å²) in [6.07, 6.45) is 5.41. The molecule has 0 spiro atoms.